The van der Waals surface area contributed by atoms with E-state index in [0.29, 0.717) is 15.6 Å². The molecule has 1 aromatic heterocycles. The van der Waals surface area contributed by atoms with E-state index in [1.165, 1.54) is 30.1 Å². The van der Waals surface area contributed by atoms with Gasteiger partial charge in [-0.25, -0.2) is 13.4 Å². The molecule has 0 fully saturated rings. The number of nitriles is 1. The highest BCUT2D eigenvalue weighted by Gasteiger charge is 2.10. The fourth-order valence-corrected chi connectivity index (χ4v) is 3.16. The van der Waals surface area contributed by atoms with Gasteiger partial charge < -0.3 is 0 Å². The van der Waals surface area contributed by atoms with Crippen LogP contribution in [0.4, 0.5) is 0 Å². The molecule has 0 aliphatic rings. The summed E-state index contributed by atoms with van der Waals surface area (Å²) in [5.41, 5.74) is 0.358. The van der Waals surface area contributed by atoms with Crippen LogP contribution in [0.5, 0.6) is 0 Å². The van der Waals surface area contributed by atoms with Crippen molar-refractivity contribution >= 4 is 33.2 Å². The predicted molar refractivity (Wildman–Crippen MR) is 77.6 cm³/mol. The minimum absolute atomic E-state index is 0.256. The van der Waals surface area contributed by atoms with Gasteiger partial charge in [-0.15, -0.1) is 0 Å². The summed E-state index contributed by atoms with van der Waals surface area (Å²) in [5.74, 6) is 0. The second-order valence-corrected chi connectivity index (χ2v) is 7.39. The Morgan fingerprint density at radius 3 is 2.45 bits per heavy atom. The second kappa shape index (κ2) is 5.83. The maximum Gasteiger partial charge on any atom is 0.175 e. The molecular weight excluding hydrogens is 316 g/mol. The van der Waals surface area contributed by atoms with Crippen molar-refractivity contribution in [3.05, 3.63) is 47.1 Å². The SMILES string of the molecule is CS(=O)(=O)c1ccc(Sc2nccc(C#N)c2Cl)cc1. The minimum Gasteiger partial charge on any atom is -0.248 e. The molecule has 0 amide bonds. The van der Waals surface area contributed by atoms with Crippen molar-refractivity contribution < 1.29 is 8.42 Å². The number of hydrogen-bond donors (Lipinski definition) is 0. The van der Waals surface area contributed by atoms with Crippen LogP contribution in [0.2, 0.25) is 5.02 Å². The van der Waals surface area contributed by atoms with Crippen molar-refractivity contribution in [1.82, 2.24) is 4.98 Å². The lowest BCUT2D eigenvalue weighted by molar-refractivity contribution is 0.602. The van der Waals surface area contributed by atoms with Gasteiger partial charge in [0.25, 0.3) is 0 Å². The van der Waals surface area contributed by atoms with E-state index in [0.717, 1.165) is 11.2 Å². The first-order valence-electron chi connectivity index (χ1n) is 5.44. The van der Waals surface area contributed by atoms with Crippen LogP contribution in [0.25, 0.3) is 0 Å². The molecule has 20 heavy (non-hydrogen) atoms. The highest BCUT2D eigenvalue weighted by atomic mass is 35.5. The summed E-state index contributed by atoms with van der Waals surface area (Å²) < 4.78 is 22.7. The third-order valence-corrected chi connectivity index (χ3v) is 5.08. The fraction of sp³-hybridized carbons (Fsp3) is 0.0769. The van der Waals surface area contributed by atoms with Crippen molar-refractivity contribution in [2.45, 2.75) is 14.8 Å². The van der Waals surface area contributed by atoms with Crippen molar-refractivity contribution in [3.8, 4) is 6.07 Å². The van der Waals surface area contributed by atoms with Gasteiger partial charge in [-0.05, 0) is 30.3 Å². The molecule has 2 aromatic rings. The number of sulfone groups is 1. The van der Waals surface area contributed by atoms with Crippen LogP contribution >= 0.6 is 23.4 Å². The predicted octanol–water partition coefficient (Wildman–Crippen LogP) is 3.16. The van der Waals surface area contributed by atoms with E-state index in [2.05, 4.69) is 4.98 Å². The molecule has 0 bridgehead atoms. The monoisotopic (exact) mass is 324 g/mol. The third kappa shape index (κ3) is 3.31. The first-order valence-corrected chi connectivity index (χ1v) is 8.53. The summed E-state index contributed by atoms with van der Waals surface area (Å²) in [7, 11) is -3.21. The van der Waals surface area contributed by atoms with Crippen molar-refractivity contribution in [2.24, 2.45) is 0 Å². The first kappa shape index (κ1) is 14.9. The molecule has 4 nitrogen and oxygen atoms in total. The molecule has 0 unspecified atom stereocenters. The summed E-state index contributed by atoms with van der Waals surface area (Å²) >= 11 is 7.34. The Hall–Kier alpha value is -1.55. The highest BCUT2D eigenvalue weighted by molar-refractivity contribution is 7.99. The maximum absolute atomic E-state index is 11.4. The summed E-state index contributed by atoms with van der Waals surface area (Å²) in [4.78, 5) is 5.16. The Balaban J connectivity index is 2.30. The number of halogens is 1. The van der Waals surface area contributed by atoms with Crippen LogP contribution in [-0.4, -0.2) is 19.7 Å². The zero-order valence-electron chi connectivity index (χ0n) is 10.4. The van der Waals surface area contributed by atoms with Crippen LogP contribution < -0.4 is 0 Å². The average Bonchev–Trinajstić information content (AvgIpc) is 2.41. The van der Waals surface area contributed by atoms with Crippen molar-refractivity contribution in [2.75, 3.05) is 6.26 Å². The van der Waals surface area contributed by atoms with Crippen LogP contribution in [0.1, 0.15) is 5.56 Å². The Morgan fingerprint density at radius 2 is 1.90 bits per heavy atom. The van der Waals surface area contributed by atoms with Crippen LogP contribution in [-0.2, 0) is 9.84 Å². The number of benzene rings is 1. The largest absolute Gasteiger partial charge is 0.248 e. The van der Waals surface area contributed by atoms with E-state index >= 15 is 0 Å². The zero-order valence-corrected chi connectivity index (χ0v) is 12.8. The number of rotatable bonds is 3. The average molecular weight is 325 g/mol. The molecule has 0 spiro atoms. The molecule has 1 heterocycles. The molecule has 0 saturated carbocycles. The number of nitrogens with zero attached hydrogens (tertiary/aromatic N) is 2. The van der Waals surface area contributed by atoms with Gasteiger partial charge in [-0.2, -0.15) is 5.26 Å². The zero-order chi connectivity index (χ0) is 14.8. The molecule has 7 heteroatoms. The molecule has 102 valence electrons. The van der Waals surface area contributed by atoms with Gasteiger partial charge in [0.15, 0.2) is 9.84 Å². The Morgan fingerprint density at radius 1 is 1.25 bits per heavy atom. The van der Waals surface area contributed by atoms with Gasteiger partial charge in [0.1, 0.15) is 11.1 Å². The topological polar surface area (TPSA) is 70.8 Å². The lowest BCUT2D eigenvalue weighted by Crippen LogP contribution is -1.96. The Bertz CT molecular complexity index is 781. The van der Waals surface area contributed by atoms with Gasteiger partial charge in [0.05, 0.1) is 15.5 Å². The van der Waals surface area contributed by atoms with E-state index in [4.69, 9.17) is 16.9 Å². The molecular formula is C13H9ClN2O2S2. The highest BCUT2D eigenvalue weighted by Crippen LogP contribution is 2.33. The molecule has 2 rings (SSSR count). The van der Waals surface area contributed by atoms with E-state index in [-0.39, 0.29) is 4.90 Å². The number of pyridine rings is 1. The van der Waals surface area contributed by atoms with Gasteiger partial charge in [0, 0.05) is 17.3 Å². The Kier molecular flexibility index (Phi) is 4.33. The summed E-state index contributed by atoms with van der Waals surface area (Å²) in [6.07, 6.45) is 2.67. The second-order valence-electron chi connectivity index (χ2n) is 3.94. The number of hydrogen-bond acceptors (Lipinski definition) is 5. The standard InChI is InChI=1S/C13H9ClN2O2S2/c1-20(17,18)11-4-2-10(3-5-11)19-13-12(14)9(8-15)6-7-16-13/h2-7H,1H3. The normalized spacial score (nSPS) is 11.1. The van der Waals surface area contributed by atoms with Gasteiger partial charge in [0.2, 0.25) is 0 Å². The quantitative estimate of drug-likeness (QED) is 0.867. The fourth-order valence-electron chi connectivity index (χ4n) is 1.45. The minimum atomic E-state index is -3.21. The lowest BCUT2D eigenvalue weighted by Gasteiger charge is -2.05. The molecule has 0 aliphatic heterocycles. The number of aromatic nitrogens is 1. The van der Waals surface area contributed by atoms with Gasteiger partial charge in [-0.1, -0.05) is 23.4 Å². The molecule has 0 atom stereocenters. The third-order valence-electron chi connectivity index (χ3n) is 2.44. The Labute approximate surface area is 126 Å². The van der Waals surface area contributed by atoms with E-state index in [9.17, 15) is 8.42 Å². The molecule has 0 aliphatic carbocycles. The first-order chi connectivity index (χ1) is 9.41. The molecule has 1 aromatic carbocycles. The van der Waals surface area contributed by atoms with Crippen molar-refractivity contribution in [1.29, 1.82) is 5.26 Å². The summed E-state index contributed by atoms with van der Waals surface area (Å²) in [6, 6.07) is 9.94. The molecule has 0 N–H and O–H groups in total. The molecule has 0 radical (unpaired) electrons. The smallest absolute Gasteiger partial charge is 0.175 e. The van der Waals surface area contributed by atoms with Crippen LogP contribution in [0.15, 0.2) is 51.3 Å². The van der Waals surface area contributed by atoms with Crippen LogP contribution in [0, 0.1) is 11.3 Å². The summed E-state index contributed by atoms with van der Waals surface area (Å²) in [5, 5.41) is 9.71. The van der Waals surface area contributed by atoms with E-state index < -0.39 is 9.84 Å². The van der Waals surface area contributed by atoms with Gasteiger partial charge in [-0.3, -0.25) is 0 Å². The van der Waals surface area contributed by atoms with Gasteiger partial charge >= 0.3 is 0 Å². The van der Waals surface area contributed by atoms with Crippen LogP contribution in [0.3, 0.4) is 0 Å². The lowest BCUT2D eigenvalue weighted by atomic mass is 10.3. The molecule has 0 saturated heterocycles. The summed E-state index contributed by atoms with van der Waals surface area (Å²) in [6.45, 7) is 0. The van der Waals surface area contributed by atoms with E-state index in [1.54, 1.807) is 18.2 Å². The van der Waals surface area contributed by atoms with Crippen molar-refractivity contribution in [3.63, 3.8) is 0 Å². The maximum atomic E-state index is 11.4. The van der Waals surface area contributed by atoms with E-state index in [1.807, 2.05) is 6.07 Å².